The summed E-state index contributed by atoms with van der Waals surface area (Å²) in [5.41, 5.74) is 0.798. The number of nitrogens with one attached hydrogen (secondary N) is 1. The van der Waals surface area contributed by atoms with Gasteiger partial charge in [-0.3, -0.25) is 14.5 Å². The topological polar surface area (TPSA) is 78.7 Å². The van der Waals surface area contributed by atoms with Crippen LogP contribution in [0.2, 0.25) is 0 Å². The number of rotatable bonds is 6. The molecule has 0 aromatic carbocycles. The molecule has 3 aliphatic rings. The minimum atomic E-state index is -0.123. The van der Waals surface area contributed by atoms with Gasteiger partial charge in [-0.25, -0.2) is 4.98 Å². The van der Waals surface area contributed by atoms with Gasteiger partial charge in [0.05, 0.1) is 6.54 Å². The summed E-state index contributed by atoms with van der Waals surface area (Å²) in [6, 6.07) is 0.630. The normalized spacial score (nSPS) is 24.7. The highest BCUT2D eigenvalue weighted by atomic mass is 16.4. The average molecular weight is 417 g/mol. The number of likely N-dealkylation sites (tertiary alicyclic amines) is 1. The zero-order valence-corrected chi connectivity index (χ0v) is 18.9. The first-order valence-corrected chi connectivity index (χ1v) is 11.5. The molecule has 4 rings (SSSR count). The molecule has 1 saturated heterocycles. The lowest BCUT2D eigenvalue weighted by Crippen LogP contribution is -2.46. The van der Waals surface area contributed by atoms with Crippen LogP contribution in [0.25, 0.3) is 0 Å². The number of hydrogen-bond acceptors (Lipinski definition) is 5. The van der Waals surface area contributed by atoms with Crippen molar-refractivity contribution in [3.63, 3.8) is 0 Å². The lowest BCUT2D eigenvalue weighted by atomic mass is 9.97. The van der Waals surface area contributed by atoms with Gasteiger partial charge in [-0.05, 0) is 31.6 Å². The van der Waals surface area contributed by atoms with E-state index in [1.165, 1.54) is 12.8 Å². The highest BCUT2D eigenvalue weighted by molar-refractivity contribution is 5.77. The van der Waals surface area contributed by atoms with Gasteiger partial charge in [-0.15, -0.1) is 0 Å². The van der Waals surface area contributed by atoms with Crippen LogP contribution in [0.4, 0.5) is 0 Å². The van der Waals surface area contributed by atoms with Crippen molar-refractivity contribution in [1.82, 2.24) is 20.1 Å². The van der Waals surface area contributed by atoms with Crippen LogP contribution in [0.1, 0.15) is 77.1 Å². The van der Waals surface area contributed by atoms with Crippen LogP contribution in [-0.4, -0.2) is 58.3 Å². The average Bonchev–Trinajstić information content (AvgIpc) is 3.25. The maximum absolute atomic E-state index is 13.2. The summed E-state index contributed by atoms with van der Waals surface area (Å²) in [5, 5.41) is 2.98. The highest BCUT2D eigenvalue weighted by Crippen LogP contribution is 2.36. The van der Waals surface area contributed by atoms with E-state index in [9.17, 15) is 9.59 Å². The molecule has 2 atom stereocenters. The molecular formula is C23H36N4O3. The maximum atomic E-state index is 13.2. The summed E-state index contributed by atoms with van der Waals surface area (Å²) in [4.78, 5) is 33.7. The molecule has 7 nitrogen and oxygen atoms in total. The number of nitrogens with zero attached hydrogens (tertiary/aromatic N) is 3. The van der Waals surface area contributed by atoms with Gasteiger partial charge in [0.1, 0.15) is 11.5 Å². The summed E-state index contributed by atoms with van der Waals surface area (Å²) in [6.07, 6.45) is 5.96. The van der Waals surface area contributed by atoms with Crippen molar-refractivity contribution in [3.05, 3.63) is 17.3 Å². The summed E-state index contributed by atoms with van der Waals surface area (Å²) in [7, 11) is 0. The molecule has 1 N–H and O–H groups in total. The van der Waals surface area contributed by atoms with Gasteiger partial charge in [0.15, 0.2) is 5.89 Å². The Kier molecular flexibility index (Phi) is 5.93. The molecule has 1 saturated carbocycles. The number of carbonyl (C=O) groups excluding carboxylic acids is 2. The third kappa shape index (κ3) is 4.88. The molecule has 0 spiro atoms. The Morgan fingerprint density at radius 1 is 1.17 bits per heavy atom. The van der Waals surface area contributed by atoms with Crippen molar-refractivity contribution in [1.29, 1.82) is 0 Å². The Morgan fingerprint density at radius 3 is 2.57 bits per heavy atom. The molecule has 2 amide bonds. The van der Waals surface area contributed by atoms with Gasteiger partial charge in [0, 0.05) is 56.9 Å². The second-order valence-corrected chi connectivity index (χ2v) is 10.4. The fraction of sp³-hybridized carbons (Fsp3) is 0.783. The van der Waals surface area contributed by atoms with Crippen molar-refractivity contribution < 1.29 is 14.0 Å². The molecule has 166 valence electrons. The van der Waals surface area contributed by atoms with Crippen molar-refractivity contribution in [2.75, 3.05) is 19.6 Å². The molecular weight excluding hydrogens is 380 g/mol. The molecule has 2 aliphatic heterocycles. The molecule has 7 heteroatoms. The van der Waals surface area contributed by atoms with Crippen LogP contribution in [-0.2, 0) is 28.0 Å². The highest BCUT2D eigenvalue weighted by Gasteiger charge is 2.39. The molecule has 3 heterocycles. The number of aromatic nitrogens is 1. The Hall–Kier alpha value is -1.89. The molecule has 0 radical (unpaired) electrons. The molecule has 30 heavy (non-hydrogen) atoms. The summed E-state index contributed by atoms with van der Waals surface area (Å²) >= 11 is 0. The van der Waals surface area contributed by atoms with E-state index in [0.717, 1.165) is 49.1 Å². The van der Waals surface area contributed by atoms with E-state index in [4.69, 9.17) is 9.40 Å². The predicted molar refractivity (Wildman–Crippen MR) is 114 cm³/mol. The van der Waals surface area contributed by atoms with Crippen LogP contribution in [0.15, 0.2) is 4.42 Å². The lowest BCUT2D eigenvalue weighted by Gasteiger charge is -2.32. The van der Waals surface area contributed by atoms with E-state index in [1.807, 2.05) is 4.90 Å². The first kappa shape index (κ1) is 21.3. The zero-order chi connectivity index (χ0) is 21.5. The number of amides is 2. The van der Waals surface area contributed by atoms with E-state index >= 15 is 0 Å². The summed E-state index contributed by atoms with van der Waals surface area (Å²) < 4.78 is 5.97. The van der Waals surface area contributed by atoms with Gasteiger partial charge < -0.3 is 14.6 Å². The lowest BCUT2D eigenvalue weighted by molar-refractivity contribution is -0.133. The van der Waals surface area contributed by atoms with E-state index in [-0.39, 0.29) is 23.3 Å². The first-order valence-electron chi connectivity index (χ1n) is 11.5. The van der Waals surface area contributed by atoms with Crippen LogP contribution in [0.3, 0.4) is 0 Å². The number of oxazole rings is 1. The van der Waals surface area contributed by atoms with Crippen LogP contribution < -0.4 is 5.32 Å². The molecule has 1 aromatic rings. The maximum Gasteiger partial charge on any atom is 0.224 e. The van der Waals surface area contributed by atoms with E-state index in [2.05, 4.69) is 31.0 Å². The standard InChI is InChI=1S/C23H36N4O3/c1-15(28)24-12-18-8-7-17(27(18)13-16-5-6-16)11-21(29)26-10-9-20-19(14-26)25-22(30-20)23(2,3)4/h16-18H,5-14H2,1-4H3,(H,24,28)/t17-,18+/m0/s1. The van der Waals surface area contributed by atoms with Gasteiger partial charge in [-0.2, -0.15) is 0 Å². The second-order valence-electron chi connectivity index (χ2n) is 10.4. The Balaban J connectivity index is 1.38. The second kappa shape index (κ2) is 8.33. The van der Waals surface area contributed by atoms with Crippen molar-refractivity contribution in [3.8, 4) is 0 Å². The predicted octanol–water partition coefficient (Wildman–Crippen LogP) is 2.63. The zero-order valence-electron chi connectivity index (χ0n) is 18.9. The summed E-state index contributed by atoms with van der Waals surface area (Å²) in [6.45, 7) is 10.9. The van der Waals surface area contributed by atoms with Crippen LogP contribution >= 0.6 is 0 Å². The third-order valence-corrected chi connectivity index (χ3v) is 6.66. The van der Waals surface area contributed by atoms with Crippen LogP contribution in [0.5, 0.6) is 0 Å². The number of carbonyl (C=O) groups is 2. The molecule has 1 aliphatic carbocycles. The Bertz CT molecular complexity index is 793. The molecule has 1 aromatic heterocycles. The Labute approximate surface area is 179 Å². The van der Waals surface area contributed by atoms with Gasteiger partial charge in [-0.1, -0.05) is 20.8 Å². The van der Waals surface area contributed by atoms with Gasteiger partial charge in [0.25, 0.3) is 0 Å². The molecule has 0 bridgehead atoms. The van der Waals surface area contributed by atoms with E-state index in [0.29, 0.717) is 32.1 Å². The minimum absolute atomic E-state index is 0.0206. The molecule has 0 unspecified atom stereocenters. The van der Waals surface area contributed by atoms with E-state index in [1.54, 1.807) is 6.92 Å². The fourth-order valence-electron chi connectivity index (χ4n) is 4.67. The minimum Gasteiger partial charge on any atom is -0.445 e. The number of hydrogen-bond donors (Lipinski definition) is 1. The first-order chi connectivity index (χ1) is 14.2. The largest absolute Gasteiger partial charge is 0.445 e. The van der Waals surface area contributed by atoms with E-state index < -0.39 is 0 Å². The third-order valence-electron chi connectivity index (χ3n) is 6.66. The van der Waals surface area contributed by atoms with Crippen molar-refractivity contribution >= 4 is 11.8 Å². The fourth-order valence-corrected chi connectivity index (χ4v) is 4.67. The monoisotopic (exact) mass is 416 g/mol. The van der Waals surface area contributed by atoms with Crippen LogP contribution in [0, 0.1) is 5.92 Å². The van der Waals surface area contributed by atoms with Crippen molar-refractivity contribution in [2.24, 2.45) is 5.92 Å². The summed E-state index contributed by atoms with van der Waals surface area (Å²) in [5.74, 6) is 2.70. The van der Waals surface area contributed by atoms with Gasteiger partial charge >= 0.3 is 0 Å². The smallest absolute Gasteiger partial charge is 0.224 e. The number of fused-ring (bicyclic) bond motifs is 1. The quantitative estimate of drug-likeness (QED) is 0.771. The molecule has 2 fully saturated rings. The Morgan fingerprint density at radius 2 is 1.90 bits per heavy atom. The van der Waals surface area contributed by atoms with Crippen molar-refractivity contribution in [2.45, 2.75) is 90.3 Å². The van der Waals surface area contributed by atoms with Gasteiger partial charge in [0.2, 0.25) is 11.8 Å². The SMILES string of the molecule is CC(=O)NC[C@H]1CC[C@@H](CC(=O)N2CCc3oc(C(C)(C)C)nc3C2)N1CC1CC1.